The van der Waals surface area contributed by atoms with E-state index in [0.29, 0.717) is 11.4 Å². The molecule has 0 bridgehead atoms. The van der Waals surface area contributed by atoms with Crippen LogP contribution in [0, 0.1) is 0 Å². The fraction of sp³-hybridized carbons (Fsp3) is 0.182. The molecule has 0 amide bonds. The van der Waals surface area contributed by atoms with E-state index in [1.165, 1.54) is 12.5 Å². The standard InChI is InChI=1S/C11H12N2O3S/c1-17(14,15)11-4-2-9(3-5-11)12-8-10-6-7-16-13-10/h2-7,12H,8H2,1H3. The third kappa shape index (κ3) is 3.07. The maximum absolute atomic E-state index is 11.2. The molecule has 2 aromatic rings. The minimum Gasteiger partial charge on any atom is -0.379 e. The van der Waals surface area contributed by atoms with E-state index >= 15 is 0 Å². The first-order chi connectivity index (χ1) is 8.05. The van der Waals surface area contributed by atoms with Gasteiger partial charge in [0, 0.05) is 18.0 Å². The van der Waals surface area contributed by atoms with Crippen molar-refractivity contribution in [1.82, 2.24) is 5.16 Å². The lowest BCUT2D eigenvalue weighted by Crippen LogP contribution is -2.01. The lowest BCUT2D eigenvalue weighted by molar-refractivity contribution is 0.412. The van der Waals surface area contributed by atoms with Gasteiger partial charge < -0.3 is 9.84 Å². The molecule has 1 heterocycles. The molecule has 5 nitrogen and oxygen atoms in total. The van der Waals surface area contributed by atoms with Crippen molar-refractivity contribution in [3.63, 3.8) is 0 Å². The topological polar surface area (TPSA) is 72.2 Å². The highest BCUT2D eigenvalue weighted by Gasteiger charge is 2.05. The summed E-state index contributed by atoms with van der Waals surface area (Å²) in [7, 11) is -3.13. The van der Waals surface area contributed by atoms with Crippen LogP contribution in [0.25, 0.3) is 0 Å². The Morgan fingerprint density at radius 2 is 1.94 bits per heavy atom. The van der Waals surface area contributed by atoms with Crippen LogP contribution in [0.15, 0.2) is 46.0 Å². The Hall–Kier alpha value is -1.82. The lowest BCUT2D eigenvalue weighted by Gasteiger charge is -2.04. The number of nitrogens with one attached hydrogen (secondary N) is 1. The van der Waals surface area contributed by atoms with Crippen molar-refractivity contribution < 1.29 is 12.9 Å². The highest BCUT2D eigenvalue weighted by Crippen LogP contribution is 2.14. The SMILES string of the molecule is CS(=O)(=O)c1ccc(NCc2ccon2)cc1. The van der Waals surface area contributed by atoms with Crippen LogP contribution in [-0.2, 0) is 16.4 Å². The zero-order valence-corrected chi connectivity index (χ0v) is 10.1. The summed E-state index contributed by atoms with van der Waals surface area (Å²) in [6.45, 7) is 0.536. The number of anilines is 1. The summed E-state index contributed by atoms with van der Waals surface area (Å²) >= 11 is 0. The first-order valence-corrected chi connectivity index (χ1v) is 6.88. The number of rotatable bonds is 4. The minimum atomic E-state index is -3.13. The van der Waals surface area contributed by atoms with Gasteiger partial charge in [0.15, 0.2) is 9.84 Å². The maximum Gasteiger partial charge on any atom is 0.175 e. The monoisotopic (exact) mass is 252 g/mol. The lowest BCUT2D eigenvalue weighted by atomic mass is 10.3. The molecule has 0 unspecified atom stereocenters. The summed E-state index contributed by atoms with van der Waals surface area (Å²) in [5.41, 5.74) is 1.62. The van der Waals surface area contributed by atoms with Gasteiger partial charge in [-0.1, -0.05) is 5.16 Å². The van der Waals surface area contributed by atoms with E-state index in [1.807, 2.05) is 0 Å². The molecule has 0 atom stereocenters. The van der Waals surface area contributed by atoms with Crippen molar-refractivity contribution >= 4 is 15.5 Å². The molecule has 1 aromatic heterocycles. The van der Waals surface area contributed by atoms with Crippen molar-refractivity contribution in [2.45, 2.75) is 11.4 Å². The third-order valence-corrected chi connectivity index (χ3v) is 3.38. The van der Waals surface area contributed by atoms with Gasteiger partial charge >= 0.3 is 0 Å². The van der Waals surface area contributed by atoms with Crippen LogP contribution in [0.5, 0.6) is 0 Å². The summed E-state index contributed by atoms with van der Waals surface area (Å²) in [6.07, 6.45) is 2.69. The van der Waals surface area contributed by atoms with Crippen LogP contribution < -0.4 is 5.32 Å². The van der Waals surface area contributed by atoms with Crippen LogP contribution in [0.1, 0.15) is 5.69 Å². The number of nitrogens with zero attached hydrogens (tertiary/aromatic N) is 1. The molecule has 0 saturated heterocycles. The van der Waals surface area contributed by atoms with Crippen molar-refractivity contribution in [2.75, 3.05) is 11.6 Å². The molecule has 0 fully saturated rings. The molecule has 0 radical (unpaired) electrons. The Kier molecular flexibility index (Phi) is 3.14. The molecular weight excluding hydrogens is 240 g/mol. The predicted octanol–water partition coefficient (Wildman–Crippen LogP) is 1.69. The average molecular weight is 252 g/mol. The molecule has 6 heteroatoms. The fourth-order valence-electron chi connectivity index (χ4n) is 1.34. The Labute approximate surface area is 99.4 Å². The normalized spacial score (nSPS) is 11.4. The maximum atomic E-state index is 11.2. The molecule has 0 aliphatic heterocycles. The summed E-state index contributed by atoms with van der Waals surface area (Å²) in [5, 5.41) is 6.86. The number of hydrogen-bond donors (Lipinski definition) is 1. The minimum absolute atomic E-state index is 0.310. The first kappa shape index (κ1) is 11.7. The molecule has 90 valence electrons. The second-order valence-electron chi connectivity index (χ2n) is 3.64. The number of hydrogen-bond acceptors (Lipinski definition) is 5. The molecule has 0 spiro atoms. The van der Waals surface area contributed by atoms with Crippen LogP contribution in [0.2, 0.25) is 0 Å². The first-order valence-electron chi connectivity index (χ1n) is 4.99. The average Bonchev–Trinajstić information content (AvgIpc) is 2.78. The van der Waals surface area contributed by atoms with E-state index in [1.54, 1.807) is 30.3 Å². The Balaban J connectivity index is 2.04. The molecule has 2 rings (SSSR count). The number of sulfone groups is 1. The van der Waals surface area contributed by atoms with E-state index in [-0.39, 0.29) is 0 Å². The van der Waals surface area contributed by atoms with Crippen LogP contribution >= 0.6 is 0 Å². The van der Waals surface area contributed by atoms with Gasteiger partial charge in [0.25, 0.3) is 0 Å². The van der Waals surface area contributed by atoms with Crippen molar-refractivity contribution in [3.8, 4) is 0 Å². The van der Waals surface area contributed by atoms with Gasteiger partial charge in [0.1, 0.15) is 12.0 Å². The van der Waals surface area contributed by atoms with Crippen LogP contribution in [0.4, 0.5) is 5.69 Å². The molecule has 0 aliphatic carbocycles. The summed E-state index contributed by atoms with van der Waals surface area (Å²) < 4.78 is 27.2. The summed E-state index contributed by atoms with van der Waals surface area (Å²) in [5.74, 6) is 0. The van der Waals surface area contributed by atoms with E-state index < -0.39 is 9.84 Å². The molecule has 1 N–H and O–H groups in total. The molecular formula is C11H12N2O3S. The number of benzene rings is 1. The Morgan fingerprint density at radius 1 is 1.24 bits per heavy atom. The van der Waals surface area contributed by atoms with Crippen LogP contribution in [-0.4, -0.2) is 19.8 Å². The molecule has 0 saturated carbocycles. The van der Waals surface area contributed by atoms with Gasteiger partial charge in [-0.15, -0.1) is 0 Å². The van der Waals surface area contributed by atoms with Crippen molar-refractivity contribution in [2.24, 2.45) is 0 Å². The van der Waals surface area contributed by atoms with E-state index in [9.17, 15) is 8.42 Å². The van der Waals surface area contributed by atoms with Gasteiger partial charge in [0.2, 0.25) is 0 Å². The van der Waals surface area contributed by atoms with E-state index in [2.05, 4.69) is 10.5 Å². The van der Waals surface area contributed by atoms with Crippen molar-refractivity contribution in [3.05, 3.63) is 42.3 Å². The predicted molar refractivity (Wildman–Crippen MR) is 63.4 cm³/mol. The smallest absolute Gasteiger partial charge is 0.175 e. The fourth-order valence-corrected chi connectivity index (χ4v) is 1.97. The second kappa shape index (κ2) is 4.58. The highest BCUT2D eigenvalue weighted by atomic mass is 32.2. The second-order valence-corrected chi connectivity index (χ2v) is 5.66. The van der Waals surface area contributed by atoms with Crippen molar-refractivity contribution in [1.29, 1.82) is 0 Å². The van der Waals surface area contributed by atoms with Gasteiger partial charge in [0.05, 0.1) is 11.4 Å². The zero-order chi connectivity index (χ0) is 12.3. The van der Waals surface area contributed by atoms with E-state index in [4.69, 9.17) is 4.52 Å². The quantitative estimate of drug-likeness (QED) is 0.896. The van der Waals surface area contributed by atoms with E-state index in [0.717, 1.165) is 11.4 Å². The van der Waals surface area contributed by atoms with Gasteiger partial charge in [-0.2, -0.15) is 0 Å². The van der Waals surface area contributed by atoms with Gasteiger partial charge in [-0.3, -0.25) is 0 Å². The highest BCUT2D eigenvalue weighted by molar-refractivity contribution is 7.90. The van der Waals surface area contributed by atoms with Crippen LogP contribution in [0.3, 0.4) is 0 Å². The zero-order valence-electron chi connectivity index (χ0n) is 9.25. The molecule has 0 aliphatic rings. The number of aromatic nitrogens is 1. The van der Waals surface area contributed by atoms with Gasteiger partial charge in [-0.05, 0) is 24.3 Å². The molecule has 1 aromatic carbocycles. The Bertz CT molecular complexity index is 574. The Morgan fingerprint density at radius 3 is 2.47 bits per heavy atom. The summed E-state index contributed by atoms with van der Waals surface area (Å²) in [6, 6.07) is 8.34. The third-order valence-electron chi connectivity index (χ3n) is 2.25. The largest absolute Gasteiger partial charge is 0.379 e. The summed E-state index contributed by atoms with van der Waals surface area (Å²) in [4.78, 5) is 0.310. The van der Waals surface area contributed by atoms with Gasteiger partial charge in [-0.25, -0.2) is 8.42 Å². The molecule has 17 heavy (non-hydrogen) atoms.